The molecule has 2 rings (SSSR count). The van der Waals surface area contributed by atoms with Gasteiger partial charge in [0, 0.05) is 25.9 Å². The van der Waals surface area contributed by atoms with Gasteiger partial charge in [0.15, 0.2) is 0 Å². The van der Waals surface area contributed by atoms with Gasteiger partial charge in [-0.3, -0.25) is 18.7 Å². The molecule has 0 fully saturated rings. The van der Waals surface area contributed by atoms with Crippen LogP contribution in [0.5, 0.6) is 0 Å². The average Bonchev–Trinajstić information content (AvgIpc) is 2.47. The van der Waals surface area contributed by atoms with Gasteiger partial charge in [-0.05, 0) is 5.56 Å². The largest absolute Gasteiger partial charge is 0.350 e. The second kappa shape index (κ2) is 6.01. The number of carbonyl (C=O) groups is 1. The van der Waals surface area contributed by atoms with E-state index in [-0.39, 0.29) is 12.5 Å². The van der Waals surface area contributed by atoms with E-state index < -0.39 is 11.2 Å². The Bertz CT molecular complexity index is 716. The Hall–Kier alpha value is -2.63. The van der Waals surface area contributed by atoms with Crippen LogP contribution in [0.15, 0.2) is 52.2 Å². The highest BCUT2D eigenvalue weighted by atomic mass is 16.2. The molecule has 0 aliphatic heterocycles. The van der Waals surface area contributed by atoms with Crippen LogP contribution in [-0.2, 0) is 24.9 Å². The van der Waals surface area contributed by atoms with E-state index in [1.807, 2.05) is 30.3 Å². The number of amides is 1. The Labute approximate surface area is 115 Å². The van der Waals surface area contributed by atoms with Gasteiger partial charge in [0.2, 0.25) is 5.91 Å². The molecule has 6 nitrogen and oxygen atoms in total. The van der Waals surface area contributed by atoms with E-state index in [1.54, 1.807) is 0 Å². The Morgan fingerprint density at radius 2 is 1.85 bits per heavy atom. The summed E-state index contributed by atoms with van der Waals surface area (Å²) in [4.78, 5) is 34.8. The average molecular weight is 273 g/mol. The maximum absolute atomic E-state index is 11.8. The lowest BCUT2D eigenvalue weighted by atomic mass is 10.2. The number of carbonyl (C=O) groups excluding carboxylic acids is 1. The zero-order chi connectivity index (χ0) is 14.5. The summed E-state index contributed by atoms with van der Waals surface area (Å²) >= 11 is 0. The van der Waals surface area contributed by atoms with Gasteiger partial charge in [0.05, 0.1) is 0 Å². The highest BCUT2D eigenvalue weighted by Crippen LogP contribution is 1.96. The third kappa shape index (κ3) is 3.23. The fourth-order valence-corrected chi connectivity index (χ4v) is 1.74. The molecule has 0 atom stereocenters. The maximum atomic E-state index is 11.8. The molecule has 1 aromatic carbocycles. The van der Waals surface area contributed by atoms with Crippen LogP contribution in [0.25, 0.3) is 0 Å². The second-order valence-electron chi connectivity index (χ2n) is 4.39. The topological polar surface area (TPSA) is 73.1 Å². The number of hydrogen-bond donors (Lipinski definition) is 1. The minimum atomic E-state index is -0.507. The maximum Gasteiger partial charge on any atom is 0.331 e. The van der Waals surface area contributed by atoms with Crippen molar-refractivity contribution in [1.82, 2.24) is 14.5 Å². The number of aromatic nitrogens is 2. The van der Waals surface area contributed by atoms with Crippen LogP contribution < -0.4 is 16.6 Å². The van der Waals surface area contributed by atoms with E-state index in [0.29, 0.717) is 6.54 Å². The summed E-state index contributed by atoms with van der Waals surface area (Å²) < 4.78 is 2.16. The van der Waals surface area contributed by atoms with Crippen LogP contribution in [0.3, 0.4) is 0 Å². The second-order valence-corrected chi connectivity index (χ2v) is 4.39. The fraction of sp³-hybridized carbons (Fsp3) is 0.214. The standard InChI is InChI=1S/C14H15N3O3/c1-16-13(19)7-8-17(14(16)20)10-12(18)15-9-11-5-3-2-4-6-11/h2-8H,9-10H2,1H3,(H,15,18). The first-order chi connectivity index (χ1) is 9.58. The highest BCUT2D eigenvalue weighted by Gasteiger charge is 2.06. The van der Waals surface area contributed by atoms with Crippen LogP contribution in [-0.4, -0.2) is 15.0 Å². The first-order valence-corrected chi connectivity index (χ1v) is 6.15. The molecule has 1 aromatic heterocycles. The predicted molar refractivity (Wildman–Crippen MR) is 74.2 cm³/mol. The first-order valence-electron chi connectivity index (χ1n) is 6.15. The van der Waals surface area contributed by atoms with Gasteiger partial charge in [-0.1, -0.05) is 30.3 Å². The number of nitrogens with zero attached hydrogens (tertiary/aromatic N) is 2. The lowest BCUT2D eigenvalue weighted by Gasteiger charge is -2.08. The van der Waals surface area contributed by atoms with E-state index >= 15 is 0 Å². The molecule has 0 saturated heterocycles. The van der Waals surface area contributed by atoms with Crippen LogP contribution >= 0.6 is 0 Å². The molecular formula is C14H15N3O3. The summed E-state index contributed by atoms with van der Waals surface area (Å²) in [6, 6.07) is 10.7. The third-order valence-electron chi connectivity index (χ3n) is 2.91. The summed E-state index contributed by atoms with van der Waals surface area (Å²) in [5.41, 5.74) is 0.0805. The molecule has 20 heavy (non-hydrogen) atoms. The molecule has 0 spiro atoms. The van der Waals surface area contributed by atoms with Gasteiger partial charge < -0.3 is 5.32 Å². The molecule has 6 heteroatoms. The van der Waals surface area contributed by atoms with Crippen LogP contribution in [0.2, 0.25) is 0 Å². The van der Waals surface area contributed by atoms with Gasteiger partial charge in [-0.25, -0.2) is 4.79 Å². The van der Waals surface area contributed by atoms with Gasteiger partial charge >= 0.3 is 5.69 Å². The SMILES string of the molecule is Cn1c(=O)ccn(CC(=O)NCc2ccccc2)c1=O. The zero-order valence-corrected chi connectivity index (χ0v) is 11.1. The Kier molecular flexibility index (Phi) is 4.14. The van der Waals surface area contributed by atoms with Crippen molar-refractivity contribution in [2.45, 2.75) is 13.1 Å². The minimum absolute atomic E-state index is 0.111. The lowest BCUT2D eigenvalue weighted by molar-refractivity contribution is -0.121. The van der Waals surface area contributed by atoms with E-state index in [0.717, 1.165) is 10.1 Å². The summed E-state index contributed by atoms with van der Waals surface area (Å²) in [6.07, 6.45) is 1.33. The molecular weight excluding hydrogens is 258 g/mol. The van der Waals surface area contributed by atoms with Crippen LogP contribution in [0.4, 0.5) is 0 Å². The van der Waals surface area contributed by atoms with E-state index in [4.69, 9.17) is 0 Å². The van der Waals surface area contributed by atoms with Crippen molar-refractivity contribution in [2.24, 2.45) is 7.05 Å². The molecule has 1 amide bonds. The summed E-state index contributed by atoms with van der Waals surface area (Å²) in [5, 5.41) is 2.72. The van der Waals surface area contributed by atoms with Crippen molar-refractivity contribution in [2.75, 3.05) is 0 Å². The highest BCUT2D eigenvalue weighted by molar-refractivity contribution is 5.75. The van der Waals surface area contributed by atoms with Crippen molar-refractivity contribution in [3.63, 3.8) is 0 Å². The number of hydrogen-bond acceptors (Lipinski definition) is 3. The van der Waals surface area contributed by atoms with Gasteiger partial charge in [0.25, 0.3) is 5.56 Å². The smallest absolute Gasteiger partial charge is 0.331 e. The molecule has 0 unspecified atom stereocenters. The lowest BCUT2D eigenvalue weighted by Crippen LogP contribution is -2.40. The molecule has 0 aliphatic rings. The van der Waals surface area contributed by atoms with Crippen molar-refractivity contribution < 1.29 is 4.79 Å². The molecule has 1 N–H and O–H groups in total. The van der Waals surface area contributed by atoms with E-state index in [9.17, 15) is 14.4 Å². The fourth-order valence-electron chi connectivity index (χ4n) is 1.74. The Morgan fingerprint density at radius 3 is 2.55 bits per heavy atom. The van der Waals surface area contributed by atoms with Crippen LogP contribution in [0, 0.1) is 0 Å². The molecule has 104 valence electrons. The third-order valence-corrected chi connectivity index (χ3v) is 2.91. The summed E-state index contributed by atoms with van der Waals surface area (Å²) in [6.45, 7) is 0.292. The van der Waals surface area contributed by atoms with E-state index in [2.05, 4.69) is 5.32 Å². The van der Waals surface area contributed by atoms with Crippen molar-refractivity contribution in [3.8, 4) is 0 Å². The molecule has 0 aliphatic carbocycles. The minimum Gasteiger partial charge on any atom is -0.350 e. The van der Waals surface area contributed by atoms with Crippen molar-refractivity contribution in [3.05, 3.63) is 69.0 Å². The van der Waals surface area contributed by atoms with Crippen molar-refractivity contribution >= 4 is 5.91 Å². The first kappa shape index (κ1) is 13.8. The molecule has 0 bridgehead atoms. The van der Waals surface area contributed by atoms with Gasteiger partial charge in [-0.15, -0.1) is 0 Å². The number of benzene rings is 1. The van der Waals surface area contributed by atoms with Gasteiger partial charge in [0.1, 0.15) is 6.54 Å². The Morgan fingerprint density at radius 1 is 1.15 bits per heavy atom. The molecule has 1 heterocycles. The summed E-state index contributed by atoms with van der Waals surface area (Å²) in [7, 11) is 1.38. The van der Waals surface area contributed by atoms with Gasteiger partial charge in [-0.2, -0.15) is 0 Å². The number of rotatable bonds is 4. The molecule has 0 saturated carbocycles. The van der Waals surface area contributed by atoms with Crippen molar-refractivity contribution in [1.29, 1.82) is 0 Å². The molecule has 0 radical (unpaired) electrons. The predicted octanol–water partition coefficient (Wildman–Crippen LogP) is -0.137. The molecule has 2 aromatic rings. The summed E-state index contributed by atoms with van der Waals surface area (Å²) in [5.74, 6) is -0.283. The quantitative estimate of drug-likeness (QED) is 0.843. The normalized spacial score (nSPS) is 10.2. The zero-order valence-electron chi connectivity index (χ0n) is 11.1. The Balaban J connectivity index is 2.00. The van der Waals surface area contributed by atoms with E-state index in [1.165, 1.54) is 23.9 Å². The monoisotopic (exact) mass is 273 g/mol. The van der Waals surface area contributed by atoms with Crippen LogP contribution in [0.1, 0.15) is 5.56 Å². The number of nitrogens with one attached hydrogen (secondary N) is 1.